The zero-order chi connectivity index (χ0) is 18.9. The fraction of sp³-hybridized carbons (Fsp3) is 0.435. The van der Waals surface area contributed by atoms with E-state index in [2.05, 4.69) is 58.1 Å². The maximum Gasteiger partial charge on any atom is 0.0795 e. The average molecular weight is 377 g/mol. The monoisotopic (exact) mass is 376 g/mol. The van der Waals surface area contributed by atoms with Crippen LogP contribution in [-0.2, 0) is 11.3 Å². The maximum absolute atomic E-state index is 5.46. The lowest BCUT2D eigenvalue weighted by Crippen LogP contribution is -2.35. The van der Waals surface area contributed by atoms with Gasteiger partial charge in [0.1, 0.15) is 0 Å². The number of hydrogen-bond acceptors (Lipinski definition) is 4. The number of hydrogen-bond donors (Lipinski definition) is 1. The van der Waals surface area contributed by atoms with Crippen LogP contribution in [0.2, 0.25) is 0 Å². The number of ether oxygens (including phenoxy) is 1. The summed E-state index contributed by atoms with van der Waals surface area (Å²) < 4.78 is 5.46. The molecule has 2 aliphatic rings. The first-order valence-electron chi connectivity index (χ1n) is 10.4. The Labute approximate surface area is 166 Å². The Morgan fingerprint density at radius 2 is 1.93 bits per heavy atom. The van der Waals surface area contributed by atoms with Crippen LogP contribution in [-0.4, -0.2) is 54.3 Å². The van der Waals surface area contributed by atoms with E-state index in [1.54, 1.807) is 0 Å². The molecule has 2 aromatic heterocycles. The lowest BCUT2D eigenvalue weighted by atomic mass is 10.1. The molecular formula is C23H28N4O. The van der Waals surface area contributed by atoms with Crippen molar-refractivity contribution in [2.24, 2.45) is 5.92 Å². The quantitative estimate of drug-likeness (QED) is 0.750. The van der Waals surface area contributed by atoms with Gasteiger partial charge in [0.15, 0.2) is 0 Å². The van der Waals surface area contributed by atoms with E-state index >= 15 is 0 Å². The number of benzene rings is 1. The van der Waals surface area contributed by atoms with Crippen molar-refractivity contribution >= 4 is 16.6 Å². The lowest BCUT2D eigenvalue weighted by Gasteiger charge is -2.25. The summed E-state index contributed by atoms with van der Waals surface area (Å²) in [6.07, 6.45) is 3.20. The van der Waals surface area contributed by atoms with Crippen LogP contribution < -0.4 is 4.90 Å². The van der Waals surface area contributed by atoms with E-state index in [4.69, 9.17) is 9.72 Å². The molecule has 2 aliphatic heterocycles. The molecule has 28 heavy (non-hydrogen) atoms. The maximum atomic E-state index is 5.46. The largest absolute Gasteiger partial charge is 0.379 e. The predicted molar refractivity (Wildman–Crippen MR) is 114 cm³/mol. The third-order valence-electron chi connectivity index (χ3n) is 6.03. The van der Waals surface area contributed by atoms with Gasteiger partial charge in [0.05, 0.1) is 18.9 Å². The fourth-order valence-corrected chi connectivity index (χ4v) is 4.43. The SMILES string of the molecule is CC1CCN(c2ccc(-c3nccc4[nH]c(CN5CCOCC5)cc34)cc2)C1. The van der Waals surface area contributed by atoms with Gasteiger partial charge < -0.3 is 14.6 Å². The summed E-state index contributed by atoms with van der Waals surface area (Å²) in [5, 5.41) is 1.20. The molecule has 5 rings (SSSR count). The highest BCUT2D eigenvalue weighted by Gasteiger charge is 2.19. The smallest absolute Gasteiger partial charge is 0.0795 e. The van der Waals surface area contributed by atoms with E-state index < -0.39 is 0 Å². The fourth-order valence-electron chi connectivity index (χ4n) is 4.43. The van der Waals surface area contributed by atoms with Crippen molar-refractivity contribution in [3.63, 3.8) is 0 Å². The molecule has 0 saturated carbocycles. The molecule has 0 bridgehead atoms. The minimum Gasteiger partial charge on any atom is -0.379 e. The number of morpholine rings is 1. The number of nitrogens with zero attached hydrogens (tertiary/aromatic N) is 3. The van der Waals surface area contributed by atoms with Gasteiger partial charge in [0, 0.05) is 66.8 Å². The first-order valence-corrected chi connectivity index (χ1v) is 10.4. The highest BCUT2D eigenvalue weighted by atomic mass is 16.5. The van der Waals surface area contributed by atoms with E-state index in [-0.39, 0.29) is 0 Å². The molecule has 2 fully saturated rings. The predicted octanol–water partition coefficient (Wildman–Crippen LogP) is 3.91. The summed E-state index contributed by atoms with van der Waals surface area (Å²) in [7, 11) is 0. The number of aromatic nitrogens is 2. The van der Waals surface area contributed by atoms with Crippen molar-refractivity contribution in [3.05, 3.63) is 48.3 Å². The molecule has 1 unspecified atom stereocenters. The van der Waals surface area contributed by atoms with Gasteiger partial charge in [-0.3, -0.25) is 9.88 Å². The highest BCUT2D eigenvalue weighted by molar-refractivity contribution is 5.93. The van der Waals surface area contributed by atoms with E-state index in [1.165, 1.54) is 28.8 Å². The molecule has 0 radical (unpaired) electrons. The normalized spacial score (nSPS) is 20.9. The van der Waals surface area contributed by atoms with Gasteiger partial charge in [-0.25, -0.2) is 0 Å². The first kappa shape index (κ1) is 17.7. The molecule has 5 heteroatoms. The van der Waals surface area contributed by atoms with Crippen molar-refractivity contribution in [2.75, 3.05) is 44.3 Å². The third kappa shape index (κ3) is 3.52. The van der Waals surface area contributed by atoms with Crippen molar-refractivity contribution < 1.29 is 4.74 Å². The minimum absolute atomic E-state index is 0.792. The van der Waals surface area contributed by atoms with Gasteiger partial charge in [-0.2, -0.15) is 0 Å². The second-order valence-electron chi connectivity index (χ2n) is 8.19. The number of pyridine rings is 1. The number of anilines is 1. The van der Waals surface area contributed by atoms with E-state index in [0.717, 1.165) is 63.1 Å². The van der Waals surface area contributed by atoms with Crippen LogP contribution in [0.3, 0.4) is 0 Å². The zero-order valence-electron chi connectivity index (χ0n) is 16.5. The molecule has 1 aromatic carbocycles. The Balaban J connectivity index is 1.40. The molecule has 0 amide bonds. The van der Waals surface area contributed by atoms with Gasteiger partial charge in [0.2, 0.25) is 0 Å². The molecule has 4 heterocycles. The summed E-state index contributed by atoms with van der Waals surface area (Å²) in [6, 6.07) is 13.3. The molecule has 1 N–H and O–H groups in total. The van der Waals surface area contributed by atoms with Crippen LogP contribution in [0, 0.1) is 5.92 Å². The molecule has 2 saturated heterocycles. The van der Waals surface area contributed by atoms with E-state index in [0.29, 0.717) is 0 Å². The second kappa shape index (κ2) is 7.57. The van der Waals surface area contributed by atoms with Crippen LogP contribution in [0.4, 0.5) is 5.69 Å². The number of fused-ring (bicyclic) bond motifs is 1. The average Bonchev–Trinajstić information content (AvgIpc) is 3.34. The highest BCUT2D eigenvalue weighted by Crippen LogP contribution is 2.30. The van der Waals surface area contributed by atoms with Crippen LogP contribution in [0.1, 0.15) is 19.0 Å². The Kier molecular flexibility index (Phi) is 4.79. The Morgan fingerprint density at radius 3 is 2.68 bits per heavy atom. The second-order valence-corrected chi connectivity index (χ2v) is 8.19. The number of nitrogens with one attached hydrogen (secondary N) is 1. The topological polar surface area (TPSA) is 44.4 Å². The molecule has 3 aromatic rings. The van der Waals surface area contributed by atoms with Crippen molar-refractivity contribution in [2.45, 2.75) is 19.9 Å². The van der Waals surface area contributed by atoms with Gasteiger partial charge >= 0.3 is 0 Å². The van der Waals surface area contributed by atoms with Crippen LogP contribution in [0.15, 0.2) is 42.6 Å². The number of aromatic amines is 1. The van der Waals surface area contributed by atoms with E-state index in [9.17, 15) is 0 Å². The Bertz CT molecular complexity index is 943. The lowest BCUT2D eigenvalue weighted by molar-refractivity contribution is 0.0337. The van der Waals surface area contributed by atoms with Crippen LogP contribution in [0.5, 0.6) is 0 Å². The first-order chi connectivity index (χ1) is 13.8. The summed E-state index contributed by atoms with van der Waals surface area (Å²) in [6.45, 7) is 9.24. The summed E-state index contributed by atoms with van der Waals surface area (Å²) in [5.41, 5.74) is 5.96. The Hall–Kier alpha value is -2.37. The zero-order valence-corrected chi connectivity index (χ0v) is 16.5. The van der Waals surface area contributed by atoms with Gasteiger partial charge in [-0.05, 0) is 36.6 Å². The molecule has 0 spiro atoms. The van der Waals surface area contributed by atoms with Gasteiger partial charge in [-0.15, -0.1) is 0 Å². The van der Waals surface area contributed by atoms with Crippen molar-refractivity contribution in [3.8, 4) is 11.3 Å². The van der Waals surface area contributed by atoms with Crippen LogP contribution in [0.25, 0.3) is 22.2 Å². The summed E-state index contributed by atoms with van der Waals surface area (Å²) >= 11 is 0. The van der Waals surface area contributed by atoms with Crippen molar-refractivity contribution in [1.82, 2.24) is 14.9 Å². The standard InChI is InChI=1S/C23H28N4O/c1-17-7-9-27(15-17)20-4-2-18(3-5-20)23-21-14-19(25-22(21)6-8-24-23)16-26-10-12-28-13-11-26/h2-6,8,14,17,25H,7,9-13,15-16H2,1H3. The molecule has 0 aliphatic carbocycles. The molecule has 1 atom stereocenters. The van der Waals surface area contributed by atoms with Gasteiger partial charge in [0.25, 0.3) is 0 Å². The molecular weight excluding hydrogens is 348 g/mol. The number of rotatable bonds is 4. The minimum atomic E-state index is 0.792. The van der Waals surface area contributed by atoms with Gasteiger partial charge in [-0.1, -0.05) is 19.1 Å². The number of H-pyrrole nitrogens is 1. The van der Waals surface area contributed by atoms with E-state index in [1.807, 2.05) is 6.20 Å². The summed E-state index contributed by atoms with van der Waals surface area (Å²) in [4.78, 5) is 13.2. The molecule has 146 valence electrons. The van der Waals surface area contributed by atoms with Crippen LogP contribution >= 0.6 is 0 Å². The molecule has 5 nitrogen and oxygen atoms in total. The third-order valence-corrected chi connectivity index (χ3v) is 6.03. The summed E-state index contributed by atoms with van der Waals surface area (Å²) in [5.74, 6) is 0.792. The Morgan fingerprint density at radius 1 is 1.11 bits per heavy atom. The van der Waals surface area contributed by atoms with Crippen molar-refractivity contribution in [1.29, 1.82) is 0 Å².